The van der Waals surface area contributed by atoms with Gasteiger partial charge in [0, 0.05) is 15.5 Å². The SMILES string of the molecule is NC(=S)C1CCCN1C(=O)c1ccc(Br)cc1Br. The van der Waals surface area contributed by atoms with Crippen molar-refractivity contribution >= 4 is 55.0 Å². The first-order valence-electron chi connectivity index (χ1n) is 5.56. The van der Waals surface area contributed by atoms with Crippen molar-refractivity contribution in [3.63, 3.8) is 0 Å². The van der Waals surface area contributed by atoms with E-state index in [0.29, 0.717) is 17.1 Å². The summed E-state index contributed by atoms with van der Waals surface area (Å²) >= 11 is 11.8. The summed E-state index contributed by atoms with van der Waals surface area (Å²) in [5.74, 6) is -0.0234. The number of likely N-dealkylation sites (tertiary alicyclic amines) is 1. The minimum atomic E-state index is -0.108. The molecule has 1 aromatic rings. The van der Waals surface area contributed by atoms with E-state index in [1.54, 1.807) is 11.0 Å². The normalized spacial score (nSPS) is 19.0. The Labute approximate surface area is 128 Å². The molecule has 3 nitrogen and oxygen atoms in total. The lowest BCUT2D eigenvalue weighted by molar-refractivity contribution is 0.0769. The van der Waals surface area contributed by atoms with Crippen LogP contribution in [0, 0.1) is 0 Å². The summed E-state index contributed by atoms with van der Waals surface area (Å²) in [6.45, 7) is 0.712. The average Bonchev–Trinajstić information content (AvgIpc) is 2.77. The van der Waals surface area contributed by atoms with Crippen molar-refractivity contribution in [2.45, 2.75) is 18.9 Å². The molecule has 1 atom stereocenters. The Morgan fingerprint density at radius 3 is 2.78 bits per heavy atom. The topological polar surface area (TPSA) is 46.3 Å². The van der Waals surface area contributed by atoms with Gasteiger partial charge in [-0.15, -0.1) is 0 Å². The van der Waals surface area contributed by atoms with E-state index in [4.69, 9.17) is 18.0 Å². The Bertz CT molecular complexity index is 507. The van der Waals surface area contributed by atoms with E-state index in [2.05, 4.69) is 31.9 Å². The summed E-state index contributed by atoms with van der Waals surface area (Å²) in [6, 6.07) is 5.40. The van der Waals surface area contributed by atoms with Gasteiger partial charge in [0.1, 0.15) is 0 Å². The van der Waals surface area contributed by atoms with Crippen molar-refractivity contribution in [1.82, 2.24) is 4.90 Å². The zero-order valence-corrected chi connectivity index (χ0v) is 13.5. The third-order valence-corrected chi connectivity index (χ3v) is 4.43. The Hall–Kier alpha value is -0.460. The molecular formula is C12H12Br2N2OS. The van der Waals surface area contributed by atoms with Crippen LogP contribution in [-0.4, -0.2) is 28.4 Å². The minimum absolute atomic E-state index is 0.0234. The maximum absolute atomic E-state index is 12.5. The highest BCUT2D eigenvalue weighted by molar-refractivity contribution is 9.11. The van der Waals surface area contributed by atoms with E-state index >= 15 is 0 Å². The van der Waals surface area contributed by atoms with Crippen molar-refractivity contribution in [2.75, 3.05) is 6.54 Å². The van der Waals surface area contributed by atoms with Crippen LogP contribution < -0.4 is 5.73 Å². The third-order valence-electron chi connectivity index (χ3n) is 3.00. The Morgan fingerprint density at radius 2 is 2.17 bits per heavy atom. The molecule has 1 amide bonds. The lowest BCUT2D eigenvalue weighted by Gasteiger charge is -2.24. The fourth-order valence-electron chi connectivity index (χ4n) is 2.12. The number of carbonyl (C=O) groups is 1. The molecule has 1 fully saturated rings. The van der Waals surface area contributed by atoms with Crippen LogP contribution in [0.15, 0.2) is 27.1 Å². The van der Waals surface area contributed by atoms with Crippen molar-refractivity contribution in [3.8, 4) is 0 Å². The number of nitrogens with two attached hydrogens (primary N) is 1. The van der Waals surface area contributed by atoms with Crippen molar-refractivity contribution in [3.05, 3.63) is 32.7 Å². The second-order valence-corrected chi connectivity index (χ2v) is 6.42. The molecule has 1 unspecified atom stereocenters. The molecule has 0 aromatic heterocycles. The van der Waals surface area contributed by atoms with Gasteiger partial charge in [0.2, 0.25) is 0 Å². The molecule has 0 saturated carbocycles. The second-order valence-electron chi connectivity index (χ2n) is 4.18. The molecule has 0 aliphatic carbocycles. The number of nitrogens with zero attached hydrogens (tertiary/aromatic N) is 1. The van der Waals surface area contributed by atoms with Crippen LogP contribution in [0.1, 0.15) is 23.2 Å². The monoisotopic (exact) mass is 390 g/mol. The predicted octanol–water partition coefficient (Wildman–Crippen LogP) is 3.10. The number of carbonyl (C=O) groups excluding carboxylic acids is 1. The smallest absolute Gasteiger partial charge is 0.255 e. The highest BCUT2D eigenvalue weighted by Gasteiger charge is 2.31. The van der Waals surface area contributed by atoms with E-state index in [9.17, 15) is 4.79 Å². The summed E-state index contributed by atoms with van der Waals surface area (Å²) in [5, 5.41) is 0. The lowest BCUT2D eigenvalue weighted by atomic mass is 10.1. The standard InChI is InChI=1S/C12H12Br2N2OS/c13-7-3-4-8(9(14)6-7)12(17)16-5-1-2-10(16)11(15)18/h3-4,6,10H,1-2,5H2,(H2,15,18). The zero-order valence-electron chi connectivity index (χ0n) is 9.53. The maximum Gasteiger partial charge on any atom is 0.255 e. The van der Waals surface area contributed by atoms with Crippen molar-refractivity contribution < 1.29 is 4.79 Å². The predicted molar refractivity (Wildman–Crippen MR) is 82.7 cm³/mol. The van der Waals surface area contributed by atoms with Gasteiger partial charge in [-0.3, -0.25) is 4.79 Å². The van der Waals surface area contributed by atoms with E-state index in [-0.39, 0.29) is 11.9 Å². The van der Waals surface area contributed by atoms with Crippen LogP contribution in [0.4, 0.5) is 0 Å². The summed E-state index contributed by atoms with van der Waals surface area (Å²) in [4.78, 5) is 14.6. The number of hydrogen-bond acceptors (Lipinski definition) is 2. The van der Waals surface area contributed by atoms with Gasteiger partial charge in [-0.1, -0.05) is 28.1 Å². The number of rotatable bonds is 2. The second kappa shape index (κ2) is 5.67. The summed E-state index contributed by atoms with van der Waals surface area (Å²) in [5.41, 5.74) is 6.32. The van der Waals surface area contributed by atoms with Crippen LogP contribution in [0.5, 0.6) is 0 Å². The molecule has 0 spiro atoms. The van der Waals surface area contributed by atoms with E-state index in [0.717, 1.165) is 21.8 Å². The number of benzene rings is 1. The molecular weight excluding hydrogens is 380 g/mol. The molecule has 0 radical (unpaired) electrons. The third kappa shape index (κ3) is 2.75. The van der Waals surface area contributed by atoms with Gasteiger partial charge in [-0.05, 0) is 47.0 Å². The zero-order chi connectivity index (χ0) is 13.3. The molecule has 1 aliphatic rings. The average molecular weight is 392 g/mol. The molecule has 0 bridgehead atoms. The Morgan fingerprint density at radius 1 is 1.44 bits per heavy atom. The van der Waals surface area contributed by atoms with E-state index in [1.807, 2.05) is 12.1 Å². The fourth-order valence-corrected chi connectivity index (χ4v) is 3.58. The van der Waals surface area contributed by atoms with Crippen molar-refractivity contribution in [1.29, 1.82) is 0 Å². The van der Waals surface area contributed by atoms with E-state index in [1.165, 1.54) is 0 Å². The Balaban J connectivity index is 2.28. The van der Waals surface area contributed by atoms with Gasteiger partial charge < -0.3 is 10.6 Å². The highest BCUT2D eigenvalue weighted by Crippen LogP contribution is 2.26. The lowest BCUT2D eigenvalue weighted by Crippen LogP contribution is -2.42. The van der Waals surface area contributed by atoms with Gasteiger partial charge in [0.05, 0.1) is 16.6 Å². The van der Waals surface area contributed by atoms with Gasteiger partial charge >= 0.3 is 0 Å². The van der Waals surface area contributed by atoms with Crippen LogP contribution in [0.3, 0.4) is 0 Å². The molecule has 1 saturated heterocycles. The first-order chi connectivity index (χ1) is 8.50. The molecule has 1 aromatic carbocycles. The first kappa shape index (κ1) is 14.0. The number of hydrogen-bond donors (Lipinski definition) is 1. The summed E-state index contributed by atoms with van der Waals surface area (Å²) in [6.07, 6.45) is 1.80. The minimum Gasteiger partial charge on any atom is -0.392 e. The molecule has 2 rings (SSSR count). The molecule has 6 heteroatoms. The van der Waals surface area contributed by atoms with Crippen LogP contribution >= 0.6 is 44.1 Å². The van der Waals surface area contributed by atoms with Gasteiger partial charge in [0.15, 0.2) is 0 Å². The largest absolute Gasteiger partial charge is 0.392 e. The quantitative estimate of drug-likeness (QED) is 0.788. The Kier molecular flexibility index (Phi) is 4.40. The van der Waals surface area contributed by atoms with E-state index < -0.39 is 0 Å². The molecule has 96 valence electrons. The molecule has 1 heterocycles. The van der Waals surface area contributed by atoms with Crippen LogP contribution in [-0.2, 0) is 0 Å². The molecule has 1 aliphatic heterocycles. The van der Waals surface area contributed by atoms with Gasteiger partial charge in [-0.2, -0.15) is 0 Å². The number of thiocarbonyl (C=S) groups is 1. The van der Waals surface area contributed by atoms with Crippen LogP contribution in [0.2, 0.25) is 0 Å². The van der Waals surface area contributed by atoms with Crippen LogP contribution in [0.25, 0.3) is 0 Å². The van der Waals surface area contributed by atoms with Crippen molar-refractivity contribution in [2.24, 2.45) is 5.73 Å². The number of halogens is 2. The summed E-state index contributed by atoms with van der Waals surface area (Å²) in [7, 11) is 0. The van der Waals surface area contributed by atoms with Gasteiger partial charge in [-0.25, -0.2) is 0 Å². The summed E-state index contributed by atoms with van der Waals surface area (Å²) < 4.78 is 1.70. The maximum atomic E-state index is 12.5. The molecule has 2 N–H and O–H groups in total. The highest BCUT2D eigenvalue weighted by atomic mass is 79.9. The fraction of sp³-hybridized carbons (Fsp3) is 0.333. The number of amides is 1. The van der Waals surface area contributed by atoms with Gasteiger partial charge in [0.25, 0.3) is 5.91 Å². The first-order valence-corrected chi connectivity index (χ1v) is 7.55. The molecule has 18 heavy (non-hydrogen) atoms.